The van der Waals surface area contributed by atoms with E-state index in [9.17, 15) is 9.59 Å². The van der Waals surface area contributed by atoms with Gasteiger partial charge in [0.05, 0.1) is 6.04 Å². The summed E-state index contributed by atoms with van der Waals surface area (Å²) in [5.41, 5.74) is 4.77. The minimum Gasteiger partial charge on any atom is -0.327 e. The molecular formula is C25H25N3O2. The molecule has 0 aromatic heterocycles. The van der Waals surface area contributed by atoms with Crippen molar-refractivity contribution < 1.29 is 9.59 Å². The fourth-order valence-electron chi connectivity index (χ4n) is 3.93. The summed E-state index contributed by atoms with van der Waals surface area (Å²) in [6, 6.07) is 25.0. The summed E-state index contributed by atoms with van der Waals surface area (Å²) in [4.78, 5) is 26.7. The average Bonchev–Trinajstić information content (AvgIpc) is 2.79. The van der Waals surface area contributed by atoms with Gasteiger partial charge in [0.25, 0.3) is 0 Å². The second kappa shape index (κ2) is 8.82. The zero-order valence-electron chi connectivity index (χ0n) is 17.0. The normalized spacial score (nSPS) is 13.1. The van der Waals surface area contributed by atoms with Gasteiger partial charge in [-0.15, -0.1) is 0 Å². The van der Waals surface area contributed by atoms with Gasteiger partial charge in [-0.05, 0) is 48.2 Å². The maximum atomic E-state index is 12.8. The topological polar surface area (TPSA) is 61.4 Å². The highest BCUT2D eigenvalue weighted by molar-refractivity contribution is 5.97. The molecule has 3 aromatic rings. The van der Waals surface area contributed by atoms with Gasteiger partial charge in [-0.25, -0.2) is 4.79 Å². The molecule has 1 aliphatic rings. The van der Waals surface area contributed by atoms with E-state index in [2.05, 4.69) is 10.6 Å². The molecule has 5 nitrogen and oxygen atoms in total. The molecular weight excluding hydrogens is 374 g/mol. The fraction of sp³-hybridized carbons (Fsp3) is 0.200. The van der Waals surface area contributed by atoms with E-state index >= 15 is 0 Å². The van der Waals surface area contributed by atoms with Crippen LogP contribution in [0.5, 0.6) is 0 Å². The van der Waals surface area contributed by atoms with Crippen LogP contribution in [-0.2, 0) is 11.2 Å². The lowest BCUT2D eigenvalue weighted by atomic mass is 9.99. The van der Waals surface area contributed by atoms with E-state index < -0.39 is 0 Å². The van der Waals surface area contributed by atoms with E-state index in [0.29, 0.717) is 19.4 Å². The lowest BCUT2D eigenvalue weighted by Crippen LogP contribution is -2.35. The molecule has 0 spiro atoms. The first kappa shape index (κ1) is 19.7. The van der Waals surface area contributed by atoms with Crippen molar-refractivity contribution in [2.75, 3.05) is 16.8 Å². The van der Waals surface area contributed by atoms with Gasteiger partial charge in [0.15, 0.2) is 0 Å². The Morgan fingerprint density at radius 1 is 0.933 bits per heavy atom. The Morgan fingerprint density at radius 2 is 1.57 bits per heavy atom. The van der Waals surface area contributed by atoms with Gasteiger partial charge < -0.3 is 15.5 Å². The lowest BCUT2D eigenvalue weighted by Gasteiger charge is -2.28. The molecule has 0 saturated carbocycles. The van der Waals surface area contributed by atoms with Crippen LogP contribution in [-0.4, -0.2) is 18.5 Å². The van der Waals surface area contributed by atoms with Crippen LogP contribution in [0.4, 0.5) is 16.2 Å². The zero-order chi connectivity index (χ0) is 20.9. The molecule has 4 rings (SSSR count). The van der Waals surface area contributed by atoms with Gasteiger partial charge in [0.1, 0.15) is 0 Å². The molecule has 30 heavy (non-hydrogen) atoms. The van der Waals surface area contributed by atoms with Gasteiger partial charge in [-0.3, -0.25) is 4.79 Å². The molecule has 0 atom stereocenters. The number of rotatable bonds is 5. The Hall–Kier alpha value is -3.60. The van der Waals surface area contributed by atoms with Gasteiger partial charge in [-0.1, -0.05) is 60.7 Å². The van der Waals surface area contributed by atoms with E-state index in [1.54, 1.807) is 4.90 Å². The third-order valence-corrected chi connectivity index (χ3v) is 5.39. The Balaban J connectivity index is 1.52. The summed E-state index contributed by atoms with van der Waals surface area (Å²) in [5.74, 6) is 0.150. The highest BCUT2D eigenvalue weighted by Crippen LogP contribution is 2.30. The second-order valence-electron chi connectivity index (χ2n) is 7.33. The van der Waals surface area contributed by atoms with Gasteiger partial charge in [0, 0.05) is 24.3 Å². The summed E-state index contributed by atoms with van der Waals surface area (Å²) in [7, 11) is 0. The van der Waals surface area contributed by atoms with Crippen molar-refractivity contribution in [1.29, 1.82) is 0 Å². The molecule has 0 fully saturated rings. The third-order valence-electron chi connectivity index (χ3n) is 5.39. The molecule has 3 aromatic carbocycles. The van der Waals surface area contributed by atoms with E-state index in [-0.39, 0.29) is 18.0 Å². The molecule has 5 heteroatoms. The van der Waals surface area contributed by atoms with Crippen molar-refractivity contribution in [1.82, 2.24) is 5.32 Å². The SMILES string of the molecule is CCN1C(=O)CCc2cc(NC(=O)NC(c3ccccc3)c3ccccc3)ccc21. The Kier molecular flexibility index (Phi) is 5.80. The van der Waals surface area contributed by atoms with Gasteiger partial charge in [0.2, 0.25) is 5.91 Å². The van der Waals surface area contributed by atoms with Crippen molar-refractivity contribution >= 4 is 23.3 Å². The fourth-order valence-corrected chi connectivity index (χ4v) is 3.93. The van der Waals surface area contributed by atoms with E-state index in [1.807, 2.05) is 85.8 Å². The molecule has 2 N–H and O–H groups in total. The molecule has 1 heterocycles. The summed E-state index contributed by atoms with van der Waals surface area (Å²) < 4.78 is 0. The molecule has 0 unspecified atom stereocenters. The van der Waals surface area contributed by atoms with Crippen molar-refractivity contribution in [3.63, 3.8) is 0 Å². The van der Waals surface area contributed by atoms with Crippen LogP contribution in [0.25, 0.3) is 0 Å². The highest BCUT2D eigenvalue weighted by atomic mass is 16.2. The van der Waals surface area contributed by atoms with Gasteiger partial charge >= 0.3 is 6.03 Å². The number of benzene rings is 3. The molecule has 1 aliphatic heterocycles. The summed E-state index contributed by atoms with van der Waals surface area (Å²) >= 11 is 0. The molecule has 0 aliphatic carbocycles. The maximum absolute atomic E-state index is 12.8. The summed E-state index contributed by atoms with van der Waals surface area (Å²) in [5, 5.41) is 6.04. The van der Waals surface area contributed by atoms with Crippen LogP contribution in [0.1, 0.15) is 36.1 Å². The van der Waals surface area contributed by atoms with Crippen molar-refractivity contribution in [3.8, 4) is 0 Å². The largest absolute Gasteiger partial charge is 0.327 e. The van der Waals surface area contributed by atoms with E-state index in [0.717, 1.165) is 28.1 Å². The third kappa shape index (κ3) is 4.20. The predicted octanol–water partition coefficient (Wildman–Crippen LogP) is 4.90. The lowest BCUT2D eigenvalue weighted by molar-refractivity contribution is -0.118. The van der Waals surface area contributed by atoms with Crippen LogP contribution < -0.4 is 15.5 Å². The van der Waals surface area contributed by atoms with E-state index in [1.165, 1.54) is 0 Å². The Morgan fingerprint density at radius 3 is 2.17 bits per heavy atom. The van der Waals surface area contributed by atoms with Crippen LogP contribution >= 0.6 is 0 Å². The number of nitrogens with one attached hydrogen (secondary N) is 2. The molecule has 152 valence electrons. The monoisotopic (exact) mass is 399 g/mol. The standard InChI is InChI=1S/C25H25N3O2/c1-2-28-22-15-14-21(17-20(22)13-16-23(28)29)26-25(30)27-24(18-9-5-3-6-10-18)19-11-7-4-8-12-19/h3-12,14-15,17,24H,2,13,16H2,1H3,(H2,26,27,30). The highest BCUT2D eigenvalue weighted by Gasteiger charge is 2.23. The Bertz CT molecular complexity index is 995. The summed E-state index contributed by atoms with van der Waals surface area (Å²) in [6.45, 7) is 2.62. The number of carbonyl (C=O) groups excluding carboxylic acids is 2. The number of aryl methyl sites for hydroxylation is 1. The maximum Gasteiger partial charge on any atom is 0.319 e. The number of urea groups is 1. The number of fused-ring (bicyclic) bond motifs is 1. The number of anilines is 2. The first-order valence-electron chi connectivity index (χ1n) is 10.3. The number of carbonyl (C=O) groups is 2. The first-order chi connectivity index (χ1) is 14.7. The van der Waals surface area contributed by atoms with Crippen LogP contribution in [0.2, 0.25) is 0 Å². The van der Waals surface area contributed by atoms with E-state index in [4.69, 9.17) is 0 Å². The predicted molar refractivity (Wildman–Crippen MR) is 120 cm³/mol. The molecule has 3 amide bonds. The second-order valence-corrected chi connectivity index (χ2v) is 7.33. The van der Waals surface area contributed by atoms with Gasteiger partial charge in [-0.2, -0.15) is 0 Å². The quantitative estimate of drug-likeness (QED) is 0.641. The summed E-state index contributed by atoms with van der Waals surface area (Å²) in [6.07, 6.45) is 1.19. The number of hydrogen-bond donors (Lipinski definition) is 2. The minimum atomic E-state index is -0.271. The molecule has 0 radical (unpaired) electrons. The average molecular weight is 399 g/mol. The van der Waals surface area contributed by atoms with Crippen LogP contribution in [0.3, 0.4) is 0 Å². The van der Waals surface area contributed by atoms with Crippen LogP contribution in [0.15, 0.2) is 78.9 Å². The molecule has 0 saturated heterocycles. The minimum absolute atomic E-state index is 0.150. The Labute approximate surface area is 176 Å². The van der Waals surface area contributed by atoms with Crippen LogP contribution in [0, 0.1) is 0 Å². The zero-order valence-corrected chi connectivity index (χ0v) is 17.0. The number of nitrogens with zero attached hydrogens (tertiary/aromatic N) is 1. The van der Waals surface area contributed by atoms with Crippen molar-refractivity contribution in [3.05, 3.63) is 95.6 Å². The number of amides is 3. The molecule has 0 bridgehead atoms. The smallest absolute Gasteiger partial charge is 0.319 e. The number of hydrogen-bond acceptors (Lipinski definition) is 2. The van der Waals surface area contributed by atoms with Crippen molar-refractivity contribution in [2.24, 2.45) is 0 Å². The first-order valence-corrected chi connectivity index (χ1v) is 10.3. The van der Waals surface area contributed by atoms with Crippen molar-refractivity contribution in [2.45, 2.75) is 25.8 Å².